The molecule has 2 aliphatic heterocycles. The summed E-state index contributed by atoms with van der Waals surface area (Å²) in [7, 11) is 1.75. The summed E-state index contributed by atoms with van der Waals surface area (Å²) in [5.41, 5.74) is 4.37. The summed E-state index contributed by atoms with van der Waals surface area (Å²) in [6.07, 6.45) is 5.06. The van der Waals surface area contributed by atoms with Crippen molar-refractivity contribution in [3.05, 3.63) is 66.0 Å². The van der Waals surface area contributed by atoms with Crippen LogP contribution in [0.25, 0.3) is 11.4 Å². The first kappa shape index (κ1) is 22.9. The van der Waals surface area contributed by atoms with E-state index in [1.165, 1.54) is 4.90 Å². The largest absolute Gasteiger partial charge is 0.465 e. The maximum Gasteiger partial charge on any atom is 0.408 e. The van der Waals surface area contributed by atoms with Gasteiger partial charge in [-0.2, -0.15) is 0 Å². The summed E-state index contributed by atoms with van der Waals surface area (Å²) in [6, 6.07) is 12.3. The highest BCUT2D eigenvalue weighted by Crippen LogP contribution is 2.37. The number of fused-ring (bicyclic) bond motifs is 1. The number of H-pyrrole nitrogens is 1. The number of nitrogens with zero attached hydrogens (tertiary/aromatic N) is 3. The fourth-order valence-corrected chi connectivity index (χ4v) is 5.11. The number of piperidine rings is 1. The normalized spacial score (nSPS) is 18.3. The number of amides is 2. The van der Waals surface area contributed by atoms with E-state index in [1.807, 2.05) is 24.3 Å². The lowest BCUT2D eigenvalue weighted by atomic mass is 9.89. The molecule has 1 fully saturated rings. The van der Waals surface area contributed by atoms with Crippen LogP contribution in [0.2, 0.25) is 0 Å². The van der Waals surface area contributed by atoms with Gasteiger partial charge in [-0.05, 0) is 60.7 Å². The van der Waals surface area contributed by atoms with Crippen LogP contribution in [0.4, 0.5) is 16.2 Å². The van der Waals surface area contributed by atoms with Crippen LogP contribution in [0.1, 0.15) is 30.0 Å². The molecule has 9 heteroatoms. The zero-order valence-electron chi connectivity index (χ0n) is 19.6. The summed E-state index contributed by atoms with van der Waals surface area (Å²) in [4.78, 5) is 36.4. The number of ether oxygens (including phenoxy) is 1. The Kier molecular flexibility index (Phi) is 6.41. The van der Waals surface area contributed by atoms with Crippen molar-refractivity contribution in [2.75, 3.05) is 37.0 Å². The molecule has 1 saturated heterocycles. The molecule has 2 aliphatic rings. The minimum Gasteiger partial charge on any atom is -0.465 e. The van der Waals surface area contributed by atoms with Crippen LogP contribution in [-0.2, 0) is 16.0 Å². The molecule has 2 amide bonds. The first-order valence-electron chi connectivity index (χ1n) is 11.8. The van der Waals surface area contributed by atoms with Crippen molar-refractivity contribution >= 4 is 23.4 Å². The monoisotopic (exact) mass is 475 g/mol. The molecule has 1 unspecified atom stereocenters. The van der Waals surface area contributed by atoms with E-state index in [0.29, 0.717) is 12.1 Å². The zero-order valence-corrected chi connectivity index (χ0v) is 19.6. The molecule has 2 aromatic carbocycles. The van der Waals surface area contributed by atoms with Gasteiger partial charge in [0.1, 0.15) is 11.9 Å². The number of carbonyl (C=O) groups is 2. The van der Waals surface area contributed by atoms with Gasteiger partial charge in [0, 0.05) is 56.1 Å². The maximum absolute atomic E-state index is 13.5. The topological polar surface area (TPSA) is 111 Å². The van der Waals surface area contributed by atoms with Gasteiger partial charge in [0.15, 0.2) is 0 Å². The number of hydrogen-bond donors (Lipinski definition) is 3. The van der Waals surface area contributed by atoms with Crippen LogP contribution in [0.15, 0.2) is 54.9 Å². The number of imidazole rings is 1. The number of benzene rings is 2. The van der Waals surface area contributed by atoms with E-state index in [1.54, 1.807) is 31.6 Å². The molecule has 0 aliphatic carbocycles. The quantitative estimate of drug-likeness (QED) is 0.516. The maximum atomic E-state index is 13.5. The third-order valence-electron chi connectivity index (χ3n) is 6.93. The molecule has 5 rings (SSSR count). The summed E-state index contributed by atoms with van der Waals surface area (Å²) in [6.45, 7) is 2.01. The fraction of sp³-hybridized carbons (Fsp3) is 0.346. The predicted molar refractivity (Wildman–Crippen MR) is 133 cm³/mol. The highest BCUT2D eigenvalue weighted by atomic mass is 16.5. The number of carbonyl (C=O) groups excluding carboxylic acids is 1. The smallest absolute Gasteiger partial charge is 0.408 e. The molecule has 1 aromatic heterocycles. The molecule has 35 heavy (non-hydrogen) atoms. The summed E-state index contributed by atoms with van der Waals surface area (Å²) in [5.74, 6) is 0.373. The number of anilines is 2. The van der Waals surface area contributed by atoms with Crippen molar-refractivity contribution in [2.24, 2.45) is 0 Å². The third kappa shape index (κ3) is 4.59. The van der Waals surface area contributed by atoms with Gasteiger partial charge in [-0.3, -0.25) is 9.69 Å². The van der Waals surface area contributed by atoms with Crippen molar-refractivity contribution in [3.8, 4) is 11.4 Å². The van der Waals surface area contributed by atoms with Crippen molar-refractivity contribution in [1.82, 2.24) is 14.9 Å². The average molecular weight is 476 g/mol. The van der Waals surface area contributed by atoms with E-state index >= 15 is 0 Å². The standard InChI is InChI=1S/C26H29N5O4/c1-35-19-9-14-30(15-10-19)22-4-2-3-21-20(22)11-16-31(26(33)34)23(21)25(32)29-18-7-5-17(6-8-18)24-27-12-13-28-24/h2-8,12-13,19,23H,9-11,14-16H2,1H3,(H,27,28)(H,29,32)(H,33,34). The van der Waals surface area contributed by atoms with Crippen LogP contribution in [0, 0.1) is 0 Å². The van der Waals surface area contributed by atoms with Crippen molar-refractivity contribution in [2.45, 2.75) is 31.4 Å². The molecular weight excluding hydrogens is 446 g/mol. The second-order valence-electron chi connectivity index (χ2n) is 8.90. The number of nitrogens with one attached hydrogen (secondary N) is 2. The van der Waals surface area contributed by atoms with Gasteiger partial charge in [-0.1, -0.05) is 12.1 Å². The van der Waals surface area contributed by atoms with E-state index in [4.69, 9.17) is 4.74 Å². The Morgan fingerprint density at radius 2 is 1.89 bits per heavy atom. The number of hydrogen-bond acceptors (Lipinski definition) is 5. The second kappa shape index (κ2) is 9.79. The highest BCUT2D eigenvalue weighted by Gasteiger charge is 2.37. The molecule has 9 nitrogen and oxygen atoms in total. The second-order valence-corrected chi connectivity index (χ2v) is 8.90. The van der Waals surface area contributed by atoms with Crippen molar-refractivity contribution in [3.63, 3.8) is 0 Å². The Hall–Kier alpha value is -3.85. The Labute approximate surface area is 203 Å². The van der Waals surface area contributed by atoms with Crippen LogP contribution in [0.5, 0.6) is 0 Å². The van der Waals surface area contributed by atoms with E-state index in [-0.39, 0.29) is 18.6 Å². The van der Waals surface area contributed by atoms with Gasteiger partial charge < -0.3 is 25.0 Å². The van der Waals surface area contributed by atoms with Crippen LogP contribution in [-0.4, -0.2) is 64.8 Å². The number of carboxylic acid groups (broad SMARTS) is 1. The van der Waals surface area contributed by atoms with Crippen LogP contribution in [0.3, 0.4) is 0 Å². The lowest BCUT2D eigenvalue weighted by Crippen LogP contribution is -2.45. The summed E-state index contributed by atoms with van der Waals surface area (Å²) in [5, 5.41) is 12.8. The third-order valence-corrected chi connectivity index (χ3v) is 6.93. The van der Waals surface area contributed by atoms with E-state index in [9.17, 15) is 14.7 Å². The zero-order chi connectivity index (χ0) is 24.4. The molecule has 3 aromatic rings. The number of rotatable bonds is 5. The molecule has 182 valence electrons. The van der Waals surface area contributed by atoms with E-state index in [2.05, 4.69) is 26.3 Å². The van der Waals surface area contributed by atoms with Gasteiger partial charge >= 0.3 is 6.09 Å². The molecule has 3 N–H and O–H groups in total. The van der Waals surface area contributed by atoms with Gasteiger partial charge in [-0.15, -0.1) is 0 Å². The van der Waals surface area contributed by atoms with Gasteiger partial charge in [0.25, 0.3) is 5.91 Å². The molecule has 1 atom stereocenters. The lowest BCUT2D eigenvalue weighted by Gasteiger charge is -2.39. The van der Waals surface area contributed by atoms with Gasteiger partial charge in [0.2, 0.25) is 0 Å². The fourth-order valence-electron chi connectivity index (χ4n) is 5.11. The SMILES string of the molecule is COC1CCN(c2cccc3c2CCN(C(=O)O)C3C(=O)Nc2ccc(-c3ncc[nH]3)cc2)CC1. The predicted octanol–water partition coefficient (Wildman–Crippen LogP) is 3.91. The average Bonchev–Trinajstić information content (AvgIpc) is 3.43. The molecular formula is C26H29N5O4. The number of methoxy groups -OCH3 is 1. The Morgan fingerprint density at radius 1 is 1.11 bits per heavy atom. The Balaban J connectivity index is 1.40. The molecule has 0 bridgehead atoms. The van der Waals surface area contributed by atoms with Crippen LogP contribution >= 0.6 is 0 Å². The minimum atomic E-state index is -1.10. The van der Waals surface area contributed by atoms with Gasteiger partial charge in [0.05, 0.1) is 6.10 Å². The van der Waals surface area contributed by atoms with Crippen LogP contribution < -0.4 is 10.2 Å². The highest BCUT2D eigenvalue weighted by molar-refractivity contribution is 5.98. The number of aromatic nitrogens is 2. The summed E-state index contributed by atoms with van der Waals surface area (Å²) >= 11 is 0. The van der Waals surface area contributed by atoms with E-state index in [0.717, 1.165) is 54.1 Å². The molecule has 0 saturated carbocycles. The number of aromatic amines is 1. The molecule has 0 spiro atoms. The van der Waals surface area contributed by atoms with E-state index < -0.39 is 12.1 Å². The Bertz CT molecular complexity index is 1190. The first-order chi connectivity index (χ1) is 17.0. The minimum absolute atomic E-state index is 0.267. The summed E-state index contributed by atoms with van der Waals surface area (Å²) < 4.78 is 5.51. The molecule has 0 radical (unpaired) electrons. The van der Waals surface area contributed by atoms with Crippen molar-refractivity contribution < 1.29 is 19.4 Å². The Morgan fingerprint density at radius 3 is 2.54 bits per heavy atom. The molecule has 3 heterocycles. The van der Waals surface area contributed by atoms with Gasteiger partial charge in [-0.25, -0.2) is 9.78 Å². The lowest BCUT2D eigenvalue weighted by molar-refractivity contribution is -0.121. The van der Waals surface area contributed by atoms with Crippen molar-refractivity contribution in [1.29, 1.82) is 0 Å². The first-order valence-corrected chi connectivity index (χ1v) is 11.8.